The lowest BCUT2D eigenvalue weighted by Gasteiger charge is -2.43. The first-order chi connectivity index (χ1) is 9.08. The molecule has 4 unspecified atom stereocenters. The van der Waals surface area contributed by atoms with Gasteiger partial charge in [0.1, 0.15) is 6.10 Å². The van der Waals surface area contributed by atoms with E-state index < -0.39 is 0 Å². The highest BCUT2D eigenvalue weighted by molar-refractivity contribution is 5.87. The van der Waals surface area contributed by atoms with Gasteiger partial charge in [0, 0.05) is 5.57 Å². The Bertz CT molecular complexity index is 389. The number of hydrogen-bond acceptors (Lipinski definition) is 3. The summed E-state index contributed by atoms with van der Waals surface area (Å²) in [5, 5.41) is 10.2. The molecule has 0 saturated heterocycles. The van der Waals surface area contributed by atoms with Crippen LogP contribution >= 0.6 is 0 Å². The highest BCUT2D eigenvalue weighted by atomic mass is 16.5. The van der Waals surface area contributed by atoms with Gasteiger partial charge in [-0.3, -0.25) is 0 Å². The molecule has 3 fully saturated rings. The third kappa shape index (κ3) is 2.22. The SMILES string of the molecule is C=C(C)C(=O)O[C@@H]1CC2C3C(CCCC31)CC[C@H]2O. The van der Waals surface area contributed by atoms with Gasteiger partial charge in [-0.15, -0.1) is 0 Å². The topological polar surface area (TPSA) is 46.5 Å². The Balaban J connectivity index is 1.77. The molecule has 0 aliphatic heterocycles. The van der Waals surface area contributed by atoms with Crippen LogP contribution in [0.15, 0.2) is 12.2 Å². The van der Waals surface area contributed by atoms with E-state index in [4.69, 9.17) is 4.74 Å². The van der Waals surface area contributed by atoms with Crippen LogP contribution in [-0.4, -0.2) is 23.3 Å². The molecule has 0 aromatic rings. The average Bonchev–Trinajstić information content (AvgIpc) is 2.75. The molecule has 3 nitrogen and oxygen atoms in total. The lowest BCUT2D eigenvalue weighted by molar-refractivity contribution is -0.147. The molecule has 0 aromatic heterocycles. The van der Waals surface area contributed by atoms with Gasteiger partial charge in [-0.05, 0) is 56.3 Å². The summed E-state index contributed by atoms with van der Waals surface area (Å²) in [7, 11) is 0. The van der Waals surface area contributed by atoms with Crippen molar-refractivity contribution in [2.24, 2.45) is 23.7 Å². The van der Waals surface area contributed by atoms with Crippen LogP contribution in [0.25, 0.3) is 0 Å². The number of ether oxygens (including phenoxy) is 1. The summed E-state index contributed by atoms with van der Waals surface area (Å²) < 4.78 is 5.65. The lowest BCUT2D eigenvalue weighted by Crippen LogP contribution is -2.40. The maximum Gasteiger partial charge on any atom is 0.333 e. The van der Waals surface area contributed by atoms with Gasteiger partial charge in [0.05, 0.1) is 6.10 Å². The van der Waals surface area contributed by atoms with E-state index in [2.05, 4.69) is 6.58 Å². The number of aliphatic hydroxyl groups is 1. The third-order valence-electron chi connectivity index (χ3n) is 5.56. The van der Waals surface area contributed by atoms with Crippen molar-refractivity contribution >= 4 is 5.97 Å². The summed E-state index contributed by atoms with van der Waals surface area (Å²) in [6.45, 7) is 5.36. The van der Waals surface area contributed by atoms with E-state index in [9.17, 15) is 9.90 Å². The van der Waals surface area contributed by atoms with Crippen molar-refractivity contribution in [1.29, 1.82) is 0 Å². The summed E-state index contributed by atoms with van der Waals surface area (Å²) >= 11 is 0. The highest BCUT2D eigenvalue weighted by Gasteiger charge is 2.53. The molecule has 3 heteroatoms. The third-order valence-corrected chi connectivity index (χ3v) is 5.56. The second-order valence-corrected chi connectivity index (χ2v) is 6.70. The summed E-state index contributed by atoms with van der Waals surface area (Å²) in [5.74, 6) is 1.90. The molecular weight excluding hydrogens is 240 g/mol. The minimum absolute atomic E-state index is 0.00903. The van der Waals surface area contributed by atoms with E-state index in [0.29, 0.717) is 23.3 Å². The fourth-order valence-electron chi connectivity index (χ4n) is 4.77. The Morgan fingerprint density at radius 3 is 2.74 bits per heavy atom. The van der Waals surface area contributed by atoms with Gasteiger partial charge < -0.3 is 9.84 Å². The van der Waals surface area contributed by atoms with Gasteiger partial charge in [0.25, 0.3) is 0 Å². The van der Waals surface area contributed by atoms with Gasteiger partial charge in [-0.25, -0.2) is 4.79 Å². The van der Waals surface area contributed by atoms with Crippen LogP contribution in [0.4, 0.5) is 0 Å². The van der Waals surface area contributed by atoms with Crippen molar-refractivity contribution in [1.82, 2.24) is 0 Å². The maximum atomic E-state index is 11.8. The Labute approximate surface area is 115 Å². The van der Waals surface area contributed by atoms with Crippen molar-refractivity contribution in [3.63, 3.8) is 0 Å². The molecule has 6 atom stereocenters. The van der Waals surface area contributed by atoms with E-state index in [-0.39, 0.29) is 18.2 Å². The summed E-state index contributed by atoms with van der Waals surface area (Å²) in [6, 6.07) is 0. The van der Waals surface area contributed by atoms with Gasteiger partial charge in [-0.1, -0.05) is 19.4 Å². The molecule has 0 heterocycles. The summed E-state index contributed by atoms with van der Waals surface area (Å²) in [5.41, 5.74) is 0.475. The number of rotatable bonds is 2. The van der Waals surface area contributed by atoms with Gasteiger partial charge in [0.2, 0.25) is 0 Å². The molecule has 106 valence electrons. The van der Waals surface area contributed by atoms with Crippen LogP contribution in [-0.2, 0) is 9.53 Å². The average molecular weight is 264 g/mol. The largest absolute Gasteiger partial charge is 0.459 e. The van der Waals surface area contributed by atoms with E-state index in [1.807, 2.05) is 0 Å². The predicted octanol–water partition coefficient (Wildman–Crippen LogP) is 2.68. The monoisotopic (exact) mass is 264 g/mol. The van der Waals surface area contributed by atoms with Crippen molar-refractivity contribution in [2.75, 3.05) is 0 Å². The van der Waals surface area contributed by atoms with Gasteiger partial charge in [0.15, 0.2) is 0 Å². The molecule has 0 aromatic carbocycles. The van der Waals surface area contributed by atoms with Crippen molar-refractivity contribution in [3.05, 3.63) is 12.2 Å². The van der Waals surface area contributed by atoms with Crippen LogP contribution < -0.4 is 0 Å². The van der Waals surface area contributed by atoms with Gasteiger partial charge >= 0.3 is 5.97 Å². The predicted molar refractivity (Wildman–Crippen MR) is 72.4 cm³/mol. The molecule has 19 heavy (non-hydrogen) atoms. The zero-order chi connectivity index (χ0) is 13.6. The Hall–Kier alpha value is -0.830. The van der Waals surface area contributed by atoms with Crippen LogP contribution in [0.1, 0.15) is 45.4 Å². The molecule has 0 radical (unpaired) electrons. The first-order valence-corrected chi connectivity index (χ1v) is 7.62. The number of carbonyl (C=O) groups is 1. The molecule has 3 saturated carbocycles. The molecule has 1 N–H and O–H groups in total. The summed E-state index contributed by atoms with van der Waals surface area (Å²) in [4.78, 5) is 11.8. The normalized spacial score (nSPS) is 44.5. The second-order valence-electron chi connectivity index (χ2n) is 6.70. The van der Waals surface area contributed by atoms with Crippen LogP contribution in [0, 0.1) is 23.7 Å². The zero-order valence-electron chi connectivity index (χ0n) is 11.7. The number of carbonyl (C=O) groups excluding carboxylic acids is 1. The Kier molecular flexibility index (Phi) is 3.42. The smallest absolute Gasteiger partial charge is 0.333 e. The van der Waals surface area contributed by atoms with Crippen LogP contribution in [0.3, 0.4) is 0 Å². The molecule has 3 aliphatic carbocycles. The van der Waals surface area contributed by atoms with Crippen LogP contribution in [0.2, 0.25) is 0 Å². The molecule has 3 rings (SSSR count). The fourth-order valence-corrected chi connectivity index (χ4v) is 4.77. The molecule has 0 bridgehead atoms. The van der Waals surface area contributed by atoms with Gasteiger partial charge in [-0.2, -0.15) is 0 Å². The van der Waals surface area contributed by atoms with Crippen molar-refractivity contribution in [2.45, 2.75) is 57.7 Å². The highest BCUT2D eigenvalue weighted by Crippen LogP contribution is 2.55. The number of aliphatic hydroxyl groups excluding tert-OH is 1. The maximum absolute atomic E-state index is 11.8. The van der Waals surface area contributed by atoms with Crippen molar-refractivity contribution < 1.29 is 14.6 Å². The first-order valence-electron chi connectivity index (χ1n) is 7.62. The van der Waals surface area contributed by atoms with E-state index in [0.717, 1.165) is 31.6 Å². The van der Waals surface area contributed by atoms with Crippen molar-refractivity contribution in [3.8, 4) is 0 Å². The zero-order valence-corrected chi connectivity index (χ0v) is 11.7. The van der Waals surface area contributed by atoms with E-state index in [1.54, 1.807) is 6.92 Å². The number of esters is 1. The Morgan fingerprint density at radius 2 is 2.00 bits per heavy atom. The summed E-state index contributed by atoms with van der Waals surface area (Å²) in [6.07, 6.45) is 6.45. The minimum atomic E-state index is -0.264. The van der Waals surface area contributed by atoms with Crippen LogP contribution in [0.5, 0.6) is 0 Å². The fraction of sp³-hybridized carbons (Fsp3) is 0.812. The molecule has 0 amide bonds. The molecular formula is C16H24O3. The molecule has 0 spiro atoms. The second kappa shape index (κ2) is 4.93. The number of hydrogen-bond donors (Lipinski definition) is 1. The van der Waals surface area contributed by atoms with E-state index >= 15 is 0 Å². The van der Waals surface area contributed by atoms with E-state index in [1.165, 1.54) is 12.8 Å². The lowest BCUT2D eigenvalue weighted by atomic mass is 9.64. The molecule has 3 aliphatic rings. The Morgan fingerprint density at radius 1 is 1.21 bits per heavy atom. The standard InChI is InChI=1S/C16H24O3/c1-9(2)16(18)19-14-8-12-13(17)7-6-10-4-3-5-11(14)15(10)12/h10-15,17H,1,3-8H2,2H3/t10?,11?,12?,13-,14-,15?/m1/s1. The quantitative estimate of drug-likeness (QED) is 0.616. The minimum Gasteiger partial charge on any atom is -0.459 e. The first kappa shape index (κ1) is 13.2.